The van der Waals surface area contributed by atoms with Crippen LogP contribution >= 0.6 is 7.82 Å². The van der Waals surface area contributed by atoms with Crippen LogP contribution in [0.1, 0.15) is 42.4 Å². The molecule has 324 valence electrons. The Bertz CT molecular complexity index is 1740. The summed E-state index contributed by atoms with van der Waals surface area (Å²) in [4.78, 5) is 66.5. The number of unbranched alkanes of at least 4 members (excludes halogenated alkanes) is 2. The zero-order valence-electron chi connectivity index (χ0n) is 32.8. The summed E-state index contributed by atoms with van der Waals surface area (Å²) in [6.45, 7) is 3.58. The number of anilines is 1. The molecule has 0 saturated carbocycles. The molecule has 58 heavy (non-hydrogen) atoms. The van der Waals surface area contributed by atoms with Crippen molar-refractivity contribution in [1.29, 1.82) is 0 Å². The van der Waals surface area contributed by atoms with Gasteiger partial charge in [0.25, 0.3) is 11.9 Å². The average Bonchev–Trinajstić information content (AvgIpc) is 3.15. The molecule has 2 aromatic rings. The number of hydrazone groups is 2. The highest BCUT2D eigenvalue weighted by Gasteiger charge is 2.18. The summed E-state index contributed by atoms with van der Waals surface area (Å²) in [5.74, 6) is 1.10. The van der Waals surface area contributed by atoms with Crippen molar-refractivity contribution in [2.45, 2.75) is 32.6 Å². The van der Waals surface area contributed by atoms with Gasteiger partial charge in [-0.05, 0) is 67.5 Å². The van der Waals surface area contributed by atoms with E-state index in [4.69, 9.17) is 49.7 Å². The number of hydrogen-bond acceptors (Lipinski definition) is 12. The number of alkyl carbamates (subject to hydrolysis) is 1. The van der Waals surface area contributed by atoms with Gasteiger partial charge in [-0.2, -0.15) is 0 Å². The maximum atomic E-state index is 12.6. The van der Waals surface area contributed by atoms with Crippen LogP contribution in [0.5, 0.6) is 17.2 Å². The lowest BCUT2D eigenvalue weighted by Crippen LogP contribution is -2.35. The number of aryl methyl sites for hydroxylation is 1. The highest BCUT2D eigenvalue weighted by atomic mass is 31.2. The molecule has 2 aromatic carbocycles. The molecule has 10 N–H and O–H groups in total. The van der Waals surface area contributed by atoms with E-state index in [-0.39, 0.29) is 11.9 Å². The number of carbonyl (C=O) groups excluding carboxylic acids is 2. The van der Waals surface area contributed by atoms with Crippen LogP contribution in [0.15, 0.2) is 40.5 Å². The smallest absolute Gasteiger partial charge is 0.466 e. The van der Waals surface area contributed by atoms with Gasteiger partial charge in [-0.3, -0.25) is 4.90 Å². The molecule has 2 rings (SSSR count). The molecular weight excluding hydrogens is 795 g/mol. The predicted molar refractivity (Wildman–Crippen MR) is 212 cm³/mol. The summed E-state index contributed by atoms with van der Waals surface area (Å²) in [7, 11) is 2.64. The van der Waals surface area contributed by atoms with Crippen molar-refractivity contribution in [2.75, 3.05) is 66.6 Å². The van der Waals surface area contributed by atoms with Crippen LogP contribution in [0.2, 0.25) is 0 Å². The lowest BCUT2D eigenvalue weighted by atomic mass is 10.1. The number of guanidine groups is 2. The molecule has 2 amide bonds. The van der Waals surface area contributed by atoms with Crippen molar-refractivity contribution in [3.8, 4) is 17.2 Å². The van der Waals surface area contributed by atoms with Crippen LogP contribution < -0.4 is 46.5 Å². The predicted octanol–water partition coefficient (Wildman–Crippen LogP) is 1.93. The minimum Gasteiger partial charge on any atom is -0.493 e. The molecule has 0 aliphatic rings. The topological polar surface area (TPSA) is 360 Å². The molecule has 0 radical (unpaired) electrons. The Balaban J connectivity index is 0.00000128. The van der Waals surface area contributed by atoms with Gasteiger partial charge in [-0.15, -0.1) is 0 Å². The molecule has 0 aliphatic carbocycles. The van der Waals surface area contributed by atoms with Gasteiger partial charge < -0.3 is 65.8 Å². The molecular formula is C32H51N10O15P. The zero-order valence-corrected chi connectivity index (χ0v) is 33.7. The Morgan fingerprint density at radius 1 is 0.776 bits per heavy atom. The summed E-state index contributed by atoms with van der Waals surface area (Å²) in [5, 5.41) is 32.0. The van der Waals surface area contributed by atoms with Crippen LogP contribution in [-0.4, -0.2) is 111 Å². The van der Waals surface area contributed by atoms with Crippen molar-refractivity contribution in [3.05, 3.63) is 67.3 Å². The van der Waals surface area contributed by atoms with Crippen LogP contribution in [0.25, 0.3) is 12.2 Å². The monoisotopic (exact) mass is 846 g/mol. The van der Waals surface area contributed by atoms with E-state index < -0.39 is 30.1 Å². The van der Waals surface area contributed by atoms with Crippen molar-refractivity contribution in [3.63, 3.8) is 0 Å². The zero-order chi connectivity index (χ0) is 44.3. The molecule has 0 atom stereocenters. The average molecular weight is 847 g/mol. The fraction of sp³-hybridized carbons (Fsp3) is 0.438. The number of nitrogens with zero attached hydrogens (tertiary/aromatic N) is 5. The number of benzene rings is 2. The fourth-order valence-corrected chi connectivity index (χ4v) is 4.42. The van der Waals surface area contributed by atoms with E-state index in [1.54, 1.807) is 26.2 Å². The number of phosphoric acid groups is 1. The van der Waals surface area contributed by atoms with E-state index in [9.17, 15) is 29.8 Å². The summed E-state index contributed by atoms with van der Waals surface area (Å²) in [5.41, 5.74) is 13.9. The second-order valence-electron chi connectivity index (χ2n) is 11.1. The van der Waals surface area contributed by atoms with E-state index in [0.717, 1.165) is 16.7 Å². The molecule has 0 fully saturated rings. The Morgan fingerprint density at radius 2 is 1.24 bits per heavy atom. The molecule has 0 heterocycles. The SMILES string of the molecule is COC(=O)N(CCCCNC(N)=N[N+](=O)[O-])c1cc(/C=C\c2cc(OC)c(OC)c(OC)c2)ccc1C.COC(=O)NCCCCNC(N)=N[N+](=O)[O-].O=P(O)(O)O. The number of nitrogens with one attached hydrogen (secondary N) is 3. The maximum Gasteiger partial charge on any atom is 0.466 e. The molecule has 26 heteroatoms. The first kappa shape index (κ1) is 51.6. The third kappa shape index (κ3) is 23.5. The number of carbonyl (C=O) groups is 2. The molecule has 0 bridgehead atoms. The van der Waals surface area contributed by atoms with Gasteiger partial charge in [0.15, 0.2) is 21.6 Å². The number of nitro groups is 2. The van der Waals surface area contributed by atoms with Gasteiger partial charge in [0.2, 0.25) is 5.75 Å². The van der Waals surface area contributed by atoms with Crippen LogP contribution in [0.4, 0.5) is 15.3 Å². The standard InChI is InChI=1S/C25H33N5O7.C7H15N5O4.H3O4P/c1-17-8-9-18(10-11-19-15-21(34-2)23(36-4)22(16-19)35-3)14-20(17)29(25(31)37-5)13-7-6-12-27-24(26)28-30(32)33;1-16-7(13)10-5-3-2-4-9-6(8)11-12(14)15;1-5(2,3)4/h8-11,14-16H,6-7,12-13H2,1-5H3,(H3,26,27,28);2-5H2,1H3,(H,10,13)(H3,8,9,11);(H3,1,2,3,4)/b11-10-;;. The first-order valence-electron chi connectivity index (χ1n) is 16.8. The van der Waals surface area contributed by atoms with Gasteiger partial charge in [-0.25, -0.2) is 34.4 Å². The van der Waals surface area contributed by atoms with Crippen LogP contribution in [0.3, 0.4) is 0 Å². The second kappa shape index (κ2) is 28.0. The summed E-state index contributed by atoms with van der Waals surface area (Å²) >= 11 is 0. The number of nitrogens with two attached hydrogens (primary N) is 2. The first-order chi connectivity index (χ1) is 27.3. The third-order valence-corrected chi connectivity index (χ3v) is 6.93. The molecule has 25 nitrogen and oxygen atoms in total. The summed E-state index contributed by atoms with van der Waals surface area (Å²) in [6.07, 6.45) is 5.44. The number of amides is 2. The minimum absolute atomic E-state index is 0.231. The second-order valence-corrected chi connectivity index (χ2v) is 12.1. The largest absolute Gasteiger partial charge is 0.493 e. The maximum absolute atomic E-state index is 12.6. The van der Waals surface area contributed by atoms with E-state index >= 15 is 0 Å². The lowest BCUT2D eigenvalue weighted by molar-refractivity contribution is -0.485. The minimum atomic E-state index is -4.64. The van der Waals surface area contributed by atoms with Gasteiger partial charge in [0, 0.05) is 26.2 Å². The summed E-state index contributed by atoms with van der Waals surface area (Å²) < 4.78 is 34.4. The molecule has 0 unspecified atom stereocenters. The first-order valence-corrected chi connectivity index (χ1v) is 18.4. The van der Waals surface area contributed by atoms with E-state index in [2.05, 4.69) is 30.9 Å². The van der Waals surface area contributed by atoms with Gasteiger partial charge in [-0.1, -0.05) is 24.3 Å². The van der Waals surface area contributed by atoms with E-state index in [1.807, 2.05) is 49.4 Å². The van der Waals surface area contributed by atoms with Crippen molar-refractivity contribution in [2.24, 2.45) is 21.7 Å². The van der Waals surface area contributed by atoms with Crippen molar-refractivity contribution < 1.29 is 62.6 Å². The highest BCUT2D eigenvalue weighted by molar-refractivity contribution is 7.45. The number of rotatable bonds is 18. The number of ether oxygens (including phenoxy) is 5. The summed E-state index contributed by atoms with van der Waals surface area (Å²) in [6, 6.07) is 9.46. The Hall–Kier alpha value is -6.43. The van der Waals surface area contributed by atoms with Crippen LogP contribution in [-0.2, 0) is 14.0 Å². The molecule has 0 aromatic heterocycles. The quantitative estimate of drug-likeness (QED) is 0.0202. The van der Waals surface area contributed by atoms with E-state index in [0.29, 0.717) is 74.8 Å². The molecule has 0 saturated heterocycles. The number of hydrogen-bond donors (Lipinski definition) is 8. The highest BCUT2D eigenvalue weighted by Crippen LogP contribution is 2.38. The lowest BCUT2D eigenvalue weighted by Gasteiger charge is -2.23. The van der Waals surface area contributed by atoms with Gasteiger partial charge in [0.05, 0.1) is 41.2 Å². The van der Waals surface area contributed by atoms with Crippen LogP contribution in [0, 0.1) is 27.2 Å². The molecule has 0 spiro atoms. The Labute approximate surface area is 333 Å². The number of methoxy groups -OCH3 is 5. The van der Waals surface area contributed by atoms with E-state index in [1.165, 1.54) is 14.2 Å². The van der Waals surface area contributed by atoms with Crippen molar-refractivity contribution >= 4 is 49.8 Å². The fourth-order valence-electron chi connectivity index (χ4n) is 4.42. The third-order valence-electron chi connectivity index (χ3n) is 6.93. The Morgan fingerprint density at radius 3 is 1.67 bits per heavy atom. The van der Waals surface area contributed by atoms with Gasteiger partial charge in [0.1, 0.15) is 10.2 Å². The Kier molecular flexibility index (Phi) is 24.9. The van der Waals surface area contributed by atoms with Gasteiger partial charge >= 0.3 is 20.0 Å². The van der Waals surface area contributed by atoms with Crippen molar-refractivity contribution in [1.82, 2.24) is 16.0 Å². The normalized spacial score (nSPS) is 11.1. The molecule has 0 aliphatic heterocycles.